The van der Waals surface area contributed by atoms with Gasteiger partial charge in [-0.1, -0.05) is 23.9 Å². The number of rotatable bonds is 7. The van der Waals surface area contributed by atoms with E-state index in [1.165, 1.54) is 23.9 Å². The fourth-order valence-electron chi connectivity index (χ4n) is 2.47. The topological polar surface area (TPSA) is 64.1 Å². The van der Waals surface area contributed by atoms with E-state index >= 15 is 0 Å². The van der Waals surface area contributed by atoms with Gasteiger partial charge < -0.3 is 10.1 Å². The van der Waals surface area contributed by atoms with Gasteiger partial charge in [-0.15, -0.1) is 0 Å². The smallest absolute Gasteiger partial charge is 0.422 e. The largest absolute Gasteiger partial charge is 0.482 e. The molecule has 0 aliphatic rings. The maximum Gasteiger partial charge on any atom is 0.422 e. The molecule has 0 bridgehead atoms. The third-order valence-corrected chi connectivity index (χ3v) is 4.29. The molecule has 2 rings (SSSR count). The van der Waals surface area contributed by atoms with Crippen molar-refractivity contribution >= 4 is 23.4 Å². The van der Waals surface area contributed by atoms with Gasteiger partial charge >= 0.3 is 6.18 Å². The number of amides is 1. The van der Waals surface area contributed by atoms with Crippen LogP contribution in [0.3, 0.4) is 0 Å². The minimum Gasteiger partial charge on any atom is -0.482 e. The molecule has 1 amide bonds. The standard InChI is InChI=1S/C18H20F3N3O2S/c1-11-13(12(2)23-17(22-11)27-3)8-9-16(25)24-14-6-4-5-7-15(14)26-10-18(19,20)21/h4-7H,8-10H2,1-3H3,(H,24,25). The molecule has 0 fully saturated rings. The Kier molecular flexibility index (Phi) is 7.06. The first-order valence-corrected chi connectivity index (χ1v) is 9.38. The summed E-state index contributed by atoms with van der Waals surface area (Å²) in [7, 11) is 0. The summed E-state index contributed by atoms with van der Waals surface area (Å²) >= 11 is 1.44. The summed E-state index contributed by atoms with van der Waals surface area (Å²) in [5.41, 5.74) is 2.72. The summed E-state index contributed by atoms with van der Waals surface area (Å²) in [4.78, 5) is 21.0. The second-order valence-electron chi connectivity index (χ2n) is 5.81. The summed E-state index contributed by atoms with van der Waals surface area (Å²) in [6, 6.07) is 6.03. The van der Waals surface area contributed by atoms with Crippen LogP contribution in [-0.2, 0) is 11.2 Å². The van der Waals surface area contributed by atoms with E-state index in [0.717, 1.165) is 17.0 Å². The Bertz CT molecular complexity index is 790. The third kappa shape index (κ3) is 6.42. The number of anilines is 1. The fourth-order valence-corrected chi connectivity index (χ4v) is 2.92. The second-order valence-corrected chi connectivity index (χ2v) is 6.58. The van der Waals surface area contributed by atoms with E-state index in [2.05, 4.69) is 15.3 Å². The van der Waals surface area contributed by atoms with Gasteiger partial charge in [-0.25, -0.2) is 9.97 Å². The van der Waals surface area contributed by atoms with Crippen LogP contribution in [0.25, 0.3) is 0 Å². The zero-order valence-electron chi connectivity index (χ0n) is 15.2. The van der Waals surface area contributed by atoms with E-state index in [0.29, 0.717) is 11.6 Å². The van der Waals surface area contributed by atoms with Gasteiger partial charge in [0.2, 0.25) is 5.91 Å². The highest BCUT2D eigenvalue weighted by Crippen LogP contribution is 2.26. The molecule has 0 saturated heterocycles. The van der Waals surface area contributed by atoms with Crippen LogP contribution in [0, 0.1) is 13.8 Å². The van der Waals surface area contributed by atoms with Crippen molar-refractivity contribution in [3.63, 3.8) is 0 Å². The lowest BCUT2D eigenvalue weighted by Crippen LogP contribution is -2.20. The number of carbonyl (C=O) groups excluding carboxylic acids is 1. The number of aryl methyl sites for hydroxylation is 2. The average molecular weight is 399 g/mol. The highest BCUT2D eigenvalue weighted by Gasteiger charge is 2.28. The normalized spacial score (nSPS) is 11.3. The van der Waals surface area contributed by atoms with Gasteiger partial charge in [-0.2, -0.15) is 13.2 Å². The van der Waals surface area contributed by atoms with E-state index in [-0.39, 0.29) is 23.8 Å². The molecule has 9 heteroatoms. The Labute approximate surface area is 159 Å². The molecule has 0 saturated carbocycles. The predicted octanol–water partition coefficient (Wildman–Crippen LogP) is 4.33. The lowest BCUT2D eigenvalue weighted by atomic mass is 10.1. The first-order chi connectivity index (χ1) is 12.7. The van der Waals surface area contributed by atoms with Crippen molar-refractivity contribution in [3.05, 3.63) is 41.2 Å². The van der Waals surface area contributed by atoms with Crippen molar-refractivity contribution in [2.45, 2.75) is 38.0 Å². The number of para-hydroxylation sites is 2. The van der Waals surface area contributed by atoms with Crippen LogP contribution in [0.5, 0.6) is 5.75 Å². The van der Waals surface area contributed by atoms with E-state index in [1.54, 1.807) is 12.1 Å². The van der Waals surface area contributed by atoms with Crippen LogP contribution in [0.4, 0.5) is 18.9 Å². The molecular formula is C18H20F3N3O2S. The molecule has 0 unspecified atom stereocenters. The molecule has 146 valence electrons. The number of ether oxygens (including phenoxy) is 1. The van der Waals surface area contributed by atoms with Gasteiger partial charge in [-0.05, 0) is 44.2 Å². The van der Waals surface area contributed by atoms with Gasteiger partial charge in [-0.3, -0.25) is 4.79 Å². The van der Waals surface area contributed by atoms with Gasteiger partial charge in [0, 0.05) is 17.8 Å². The number of hydrogen-bond donors (Lipinski definition) is 1. The van der Waals surface area contributed by atoms with Crippen molar-refractivity contribution in [1.29, 1.82) is 0 Å². The Hall–Kier alpha value is -2.29. The van der Waals surface area contributed by atoms with Gasteiger partial charge in [0.05, 0.1) is 5.69 Å². The van der Waals surface area contributed by atoms with E-state index in [4.69, 9.17) is 4.74 Å². The van der Waals surface area contributed by atoms with Crippen LogP contribution < -0.4 is 10.1 Å². The summed E-state index contributed by atoms with van der Waals surface area (Å²) in [6.45, 7) is 2.31. The minimum absolute atomic E-state index is 0.0248. The lowest BCUT2D eigenvalue weighted by Gasteiger charge is -2.14. The molecule has 0 aliphatic heterocycles. The first-order valence-electron chi connectivity index (χ1n) is 8.16. The van der Waals surface area contributed by atoms with Gasteiger partial charge in [0.15, 0.2) is 11.8 Å². The van der Waals surface area contributed by atoms with Crippen molar-refractivity contribution in [2.75, 3.05) is 18.2 Å². The average Bonchev–Trinajstić information content (AvgIpc) is 2.59. The van der Waals surface area contributed by atoms with Crippen molar-refractivity contribution in [2.24, 2.45) is 0 Å². The molecule has 0 spiro atoms. The number of alkyl halides is 3. The highest BCUT2D eigenvalue weighted by atomic mass is 32.2. The Morgan fingerprint density at radius 2 is 1.81 bits per heavy atom. The quantitative estimate of drug-likeness (QED) is 0.555. The number of carbonyl (C=O) groups is 1. The van der Waals surface area contributed by atoms with Crippen LogP contribution in [0.2, 0.25) is 0 Å². The van der Waals surface area contributed by atoms with E-state index in [9.17, 15) is 18.0 Å². The monoisotopic (exact) mass is 399 g/mol. The Morgan fingerprint density at radius 1 is 1.19 bits per heavy atom. The molecular weight excluding hydrogens is 379 g/mol. The van der Waals surface area contributed by atoms with Crippen molar-refractivity contribution in [1.82, 2.24) is 9.97 Å². The van der Waals surface area contributed by atoms with Crippen LogP contribution in [0.1, 0.15) is 23.4 Å². The minimum atomic E-state index is -4.45. The van der Waals surface area contributed by atoms with Crippen molar-refractivity contribution < 1.29 is 22.7 Å². The maximum absolute atomic E-state index is 12.3. The van der Waals surface area contributed by atoms with E-state index in [1.807, 2.05) is 20.1 Å². The first kappa shape index (κ1) is 21.0. The lowest BCUT2D eigenvalue weighted by molar-refractivity contribution is -0.153. The number of nitrogens with one attached hydrogen (secondary N) is 1. The SMILES string of the molecule is CSc1nc(C)c(CCC(=O)Nc2ccccc2OCC(F)(F)F)c(C)n1. The highest BCUT2D eigenvalue weighted by molar-refractivity contribution is 7.98. The number of halogens is 3. The number of thioether (sulfide) groups is 1. The maximum atomic E-state index is 12.3. The van der Waals surface area contributed by atoms with Crippen molar-refractivity contribution in [3.8, 4) is 5.75 Å². The summed E-state index contributed by atoms with van der Waals surface area (Å²) in [5, 5.41) is 3.28. The molecule has 0 radical (unpaired) electrons. The number of hydrogen-bond acceptors (Lipinski definition) is 5. The molecule has 0 aliphatic carbocycles. The van der Waals surface area contributed by atoms with Crippen LogP contribution in [0.15, 0.2) is 29.4 Å². The summed E-state index contributed by atoms with van der Waals surface area (Å²) in [5.74, 6) is -0.353. The third-order valence-electron chi connectivity index (χ3n) is 3.74. The van der Waals surface area contributed by atoms with Crippen LogP contribution in [-0.4, -0.2) is 34.9 Å². The molecule has 1 N–H and O–H groups in total. The molecule has 1 heterocycles. The predicted molar refractivity (Wildman–Crippen MR) is 98.2 cm³/mol. The molecule has 5 nitrogen and oxygen atoms in total. The summed E-state index contributed by atoms with van der Waals surface area (Å²) < 4.78 is 41.8. The molecule has 0 atom stereocenters. The molecule has 1 aromatic heterocycles. The molecule has 1 aromatic carbocycles. The fraction of sp³-hybridized carbons (Fsp3) is 0.389. The number of aromatic nitrogens is 2. The van der Waals surface area contributed by atoms with E-state index < -0.39 is 12.8 Å². The Balaban J connectivity index is 2.01. The summed E-state index contributed by atoms with van der Waals surface area (Å²) in [6.07, 6.45) is -1.98. The number of nitrogens with zero attached hydrogens (tertiary/aromatic N) is 2. The zero-order valence-corrected chi connectivity index (χ0v) is 16.0. The zero-order chi connectivity index (χ0) is 20.0. The van der Waals surface area contributed by atoms with Gasteiger partial charge in [0.25, 0.3) is 0 Å². The Morgan fingerprint density at radius 3 is 2.41 bits per heavy atom. The molecule has 27 heavy (non-hydrogen) atoms. The van der Waals surface area contributed by atoms with Gasteiger partial charge in [0.1, 0.15) is 5.75 Å². The second kappa shape index (κ2) is 9.07. The molecule has 2 aromatic rings. The number of benzene rings is 1. The van der Waals surface area contributed by atoms with Crippen LogP contribution >= 0.6 is 11.8 Å².